The zero-order valence-electron chi connectivity index (χ0n) is 10.4. The number of rotatable bonds is 4. The molecule has 0 aliphatic carbocycles. The predicted molar refractivity (Wildman–Crippen MR) is 69.2 cm³/mol. The smallest absolute Gasteiger partial charge is 0.205 e. The van der Waals surface area contributed by atoms with E-state index in [1.807, 2.05) is 0 Å². The van der Waals surface area contributed by atoms with Crippen molar-refractivity contribution in [2.45, 2.75) is 20.3 Å². The highest BCUT2D eigenvalue weighted by Gasteiger charge is 2.27. The van der Waals surface area contributed by atoms with Gasteiger partial charge in [0.2, 0.25) is 5.96 Å². The summed E-state index contributed by atoms with van der Waals surface area (Å²) in [4.78, 5) is 4.26. The Hall–Kier alpha value is -0.820. The first-order valence-electron chi connectivity index (χ1n) is 5.88. The first kappa shape index (κ1) is 14.2. The Labute approximate surface area is 103 Å². The fraction of sp³-hybridized carbons (Fsp3) is 0.900. The van der Waals surface area contributed by atoms with Crippen LogP contribution in [-0.4, -0.2) is 39.0 Å². The number of nitrogens with two attached hydrogens (primary N) is 1. The van der Waals surface area contributed by atoms with E-state index in [1.54, 1.807) is 0 Å². The molecule has 0 radical (unpaired) electrons. The minimum Gasteiger partial charge on any atom is -0.355 e. The third kappa shape index (κ3) is 5.36. The van der Waals surface area contributed by atoms with Crippen LogP contribution in [0.5, 0.6) is 0 Å². The Kier molecular flexibility index (Phi) is 5.20. The van der Waals surface area contributed by atoms with E-state index >= 15 is 0 Å². The van der Waals surface area contributed by atoms with Gasteiger partial charge in [-0.15, -0.1) is 0 Å². The van der Waals surface area contributed by atoms with Gasteiger partial charge in [0.1, 0.15) is 0 Å². The van der Waals surface area contributed by atoms with Crippen molar-refractivity contribution in [3.8, 4) is 0 Å². The maximum atomic E-state index is 11.3. The summed E-state index contributed by atoms with van der Waals surface area (Å²) >= 11 is 0. The summed E-state index contributed by atoms with van der Waals surface area (Å²) in [6.07, 6.45) is 0.720. The Morgan fingerprint density at radius 1 is 1.53 bits per heavy atom. The molecule has 7 heteroatoms. The third-order valence-corrected chi connectivity index (χ3v) is 4.47. The van der Waals surface area contributed by atoms with Crippen molar-refractivity contribution < 1.29 is 8.42 Å². The lowest BCUT2D eigenvalue weighted by atomic mass is 10.1. The molecule has 6 nitrogen and oxygen atoms in total. The highest BCUT2D eigenvalue weighted by Crippen LogP contribution is 2.17. The highest BCUT2D eigenvalue weighted by molar-refractivity contribution is 7.91. The van der Waals surface area contributed by atoms with Gasteiger partial charge in [-0.3, -0.25) is 10.4 Å². The van der Waals surface area contributed by atoms with Gasteiger partial charge in [-0.25, -0.2) is 14.3 Å². The third-order valence-electron chi connectivity index (χ3n) is 2.64. The van der Waals surface area contributed by atoms with E-state index in [4.69, 9.17) is 5.84 Å². The summed E-state index contributed by atoms with van der Waals surface area (Å²) in [6, 6.07) is 0. The zero-order valence-corrected chi connectivity index (χ0v) is 11.3. The number of guanidine groups is 1. The van der Waals surface area contributed by atoms with Crippen LogP contribution in [0.2, 0.25) is 0 Å². The average molecular weight is 262 g/mol. The quantitative estimate of drug-likeness (QED) is 0.274. The Bertz CT molecular complexity index is 365. The molecule has 100 valence electrons. The molecule has 0 spiro atoms. The lowest BCUT2D eigenvalue weighted by Crippen LogP contribution is -2.43. The maximum Gasteiger partial charge on any atom is 0.205 e. The summed E-state index contributed by atoms with van der Waals surface area (Å²) in [5.74, 6) is 7.06. The number of hydrazine groups is 1. The Morgan fingerprint density at radius 2 is 2.24 bits per heavy atom. The van der Waals surface area contributed by atoms with Gasteiger partial charge in [0, 0.05) is 13.1 Å². The molecule has 0 bridgehead atoms. The van der Waals surface area contributed by atoms with Gasteiger partial charge in [-0.2, -0.15) is 0 Å². The Balaban J connectivity index is 2.36. The number of nitrogens with one attached hydrogen (secondary N) is 2. The lowest BCUT2D eigenvalue weighted by molar-refractivity contribution is 0.565. The van der Waals surface area contributed by atoms with E-state index in [-0.39, 0.29) is 11.7 Å². The van der Waals surface area contributed by atoms with E-state index in [1.165, 1.54) is 0 Å². The van der Waals surface area contributed by atoms with Gasteiger partial charge in [-0.1, -0.05) is 13.8 Å². The second-order valence-electron chi connectivity index (χ2n) is 4.88. The van der Waals surface area contributed by atoms with E-state index in [9.17, 15) is 8.42 Å². The molecule has 1 fully saturated rings. The second-order valence-corrected chi connectivity index (χ2v) is 7.11. The molecule has 1 atom stereocenters. The van der Waals surface area contributed by atoms with Crippen molar-refractivity contribution in [2.75, 3.05) is 24.6 Å². The molecule has 1 aliphatic heterocycles. The van der Waals surface area contributed by atoms with E-state index < -0.39 is 9.84 Å². The number of aliphatic imine (C=N–C) groups is 1. The highest BCUT2D eigenvalue weighted by atomic mass is 32.2. The molecule has 4 N–H and O–H groups in total. The van der Waals surface area contributed by atoms with Gasteiger partial charge in [0.05, 0.1) is 11.5 Å². The first-order chi connectivity index (χ1) is 7.93. The molecule has 0 aromatic rings. The van der Waals surface area contributed by atoms with Crippen LogP contribution in [-0.2, 0) is 9.84 Å². The van der Waals surface area contributed by atoms with E-state index in [2.05, 4.69) is 29.6 Å². The summed E-state index contributed by atoms with van der Waals surface area (Å²) < 4.78 is 22.5. The standard InChI is InChI=1S/C10H22N4O2S/c1-8(2)5-12-10(14-11)13-6-9-3-4-17(15,16)7-9/h8-9H,3-7,11H2,1-2H3,(H2,12,13,14). The van der Waals surface area contributed by atoms with Crippen molar-refractivity contribution in [1.82, 2.24) is 10.7 Å². The summed E-state index contributed by atoms with van der Waals surface area (Å²) in [7, 11) is -2.81. The maximum absolute atomic E-state index is 11.3. The molecule has 1 aliphatic rings. The minimum absolute atomic E-state index is 0.164. The molecule has 0 amide bonds. The normalized spacial score (nSPS) is 24.0. The number of hydrogen-bond acceptors (Lipinski definition) is 4. The van der Waals surface area contributed by atoms with Crippen molar-refractivity contribution in [2.24, 2.45) is 22.7 Å². The summed E-state index contributed by atoms with van der Waals surface area (Å²) in [5, 5.41) is 3.05. The zero-order chi connectivity index (χ0) is 12.9. The van der Waals surface area contributed by atoms with Crippen LogP contribution in [0.1, 0.15) is 20.3 Å². The van der Waals surface area contributed by atoms with Gasteiger partial charge < -0.3 is 5.32 Å². The molecule has 1 saturated heterocycles. The molecule has 1 heterocycles. The van der Waals surface area contributed by atoms with Crippen molar-refractivity contribution in [1.29, 1.82) is 0 Å². The van der Waals surface area contributed by atoms with Crippen molar-refractivity contribution >= 4 is 15.8 Å². The van der Waals surface area contributed by atoms with Crippen LogP contribution < -0.4 is 16.6 Å². The lowest BCUT2D eigenvalue weighted by Gasteiger charge is -2.13. The van der Waals surface area contributed by atoms with E-state index in [0.29, 0.717) is 30.7 Å². The van der Waals surface area contributed by atoms with Crippen molar-refractivity contribution in [3.63, 3.8) is 0 Å². The van der Waals surface area contributed by atoms with Gasteiger partial charge in [0.15, 0.2) is 9.84 Å². The average Bonchev–Trinajstić information content (AvgIpc) is 2.58. The summed E-state index contributed by atoms with van der Waals surface area (Å²) in [6.45, 7) is 5.43. The fourth-order valence-electron chi connectivity index (χ4n) is 1.70. The largest absolute Gasteiger partial charge is 0.355 e. The fourth-order valence-corrected chi connectivity index (χ4v) is 3.56. The van der Waals surface area contributed by atoms with Crippen LogP contribution in [0.4, 0.5) is 0 Å². The van der Waals surface area contributed by atoms with Crippen LogP contribution in [0.25, 0.3) is 0 Å². The number of nitrogens with zero attached hydrogens (tertiary/aromatic N) is 1. The van der Waals surface area contributed by atoms with Crippen molar-refractivity contribution in [3.05, 3.63) is 0 Å². The molecule has 0 aromatic carbocycles. The molecular weight excluding hydrogens is 240 g/mol. The van der Waals surface area contributed by atoms with E-state index in [0.717, 1.165) is 6.42 Å². The van der Waals surface area contributed by atoms with Crippen LogP contribution in [0, 0.1) is 11.8 Å². The van der Waals surface area contributed by atoms with Crippen LogP contribution in [0.3, 0.4) is 0 Å². The number of sulfone groups is 1. The monoisotopic (exact) mass is 262 g/mol. The second kappa shape index (κ2) is 6.20. The van der Waals surface area contributed by atoms with Gasteiger partial charge in [0.25, 0.3) is 0 Å². The Morgan fingerprint density at radius 3 is 2.71 bits per heavy atom. The van der Waals surface area contributed by atoms with Crippen LogP contribution in [0.15, 0.2) is 4.99 Å². The minimum atomic E-state index is -2.81. The summed E-state index contributed by atoms with van der Waals surface area (Å²) in [5.41, 5.74) is 2.49. The molecule has 1 rings (SSSR count). The molecule has 1 unspecified atom stereocenters. The SMILES string of the molecule is CC(C)CN=C(NN)NCC1CCS(=O)(=O)C1. The van der Waals surface area contributed by atoms with Crippen LogP contribution >= 0.6 is 0 Å². The molecule has 0 aromatic heterocycles. The van der Waals surface area contributed by atoms with Gasteiger partial charge in [-0.05, 0) is 18.3 Å². The molecule has 17 heavy (non-hydrogen) atoms. The first-order valence-corrected chi connectivity index (χ1v) is 7.70. The topological polar surface area (TPSA) is 96.6 Å². The van der Waals surface area contributed by atoms with Gasteiger partial charge >= 0.3 is 0 Å². The molecular formula is C10H22N4O2S. The molecule has 0 saturated carbocycles. The predicted octanol–water partition coefficient (Wildman–Crippen LogP) is -0.514. The number of hydrogen-bond donors (Lipinski definition) is 3.